The first-order valence-electron chi connectivity index (χ1n) is 8.96. The molecule has 5 heteroatoms. The number of ether oxygens (including phenoxy) is 1. The van der Waals surface area contributed by atoms with E-state index in [0.29, 0.717) is 17.2 Å². The van der Waals surface area contributed by atoms with Crippen molar-refractivity contribution in [3.05, 3.63) is 76.5 Å². The van der Waals surface area contributed by atoms with E-state index in [1.807, 2.05) is 47.5 Å². The zero-order chi connectivity index (χ0) is 17.7. The fraction of sp³-hybridized carbons (Fsp3) is 0.286. The van der Waals surface area contributed by atoms with Crippen molar-refractivity contribution < 1.29 is 9.84 Å². The van der Waals surface area contributed by atoms with Crippen LogP contribution in [0.2, 0.25) is 5.02 Å². The zero-order valence-electron chi connectivity index (χ0n) is 14.2. The van der Waals surface area contributed by atoms with Gasteiger partial charge in [-0.05, 0) is 30.2 Å². The third-order valence-electron chi connectivity index (χ3n) is 5.38. The Balaban J connectivity index is 1.66. The summed E-state index contributed by atoms with van der Waals surface area (Å²) in [5.41, 5.74) is 2.47. The molecule has 0 unspecified atom stereocenters. The summed E-state index contributed by atoms with van der Waals surface area (Å²) in [7, 11) is 0. The van der Waals surface area contributed by atoms with Gasteiger partial charge in [0.15, 0.2) is 0 Å². The lowest BCUT2D eigenvalue weighted by Gasteiger charge is -2.47. The van der Waals surface area contributed by atoms with Crippen molar-refractivity contribution in [1.29, 1.82) is 0 Å². The van der Waals surface area contributed by atoms with Crippen molar-refractivity contribution in [2.75, 3.05) is 0 Å². The van der Waals surface area contributed by atoms with Crippen molar-refractivity contribution in [3.8, 4) is 5.75 Å². The number of fused-ring (bicyclic) bond motifs is 4. The molecule has 2 atom stereocenters. The molecule has 2 aliphatic heterocycles. The van der Waals surface area contributed by atoms with Crippen LogP contribution in [-0.4, -0.2) is 21.6 Å². The van der Waals surface area contributed by atoms with Gasteiger partial charge in [0, 0.05) is 35.9 Å². The van der Waals surface area contributed by atoms with Crippen LogP contribution in [0.5, 0.6) is 5.75 Å². The monoisotopic (exact) mass is 366 g/mol. The van der Waals surface area contributed by atoms with Crippen LogP contribution in [0.3, 0.4) is 0 Å². The topological polar surface area (TPSA) is 45.1 Å². The number of aliphatic hydroxyl groups excluding tert-OH is 1. The highest BCUT2D eigenvalue weighted by Crippen LogP contribution is 2.50. The highest BCUT2D eigenvalue weighted by molar-refractivity contribution is 6.30. The Bertz CT molecular complexity index is 925. The molecule has 2 aromatic rings. The third-order valence-corrected chi connectivity index (χ3v) is 5.62. The van der Waals surface area contributed by atoms with Crippen molar-refractivity contribution in [2.24, 2.45) is 5.10 Å². The summed E-state index contributed by atoms with van der Waals surface area (Å²) in [5.74, 6) is 1.20. The number of allylic oxidation sites excluding steroid dienone is 1. The number of rotatable bonds is 1. The Kier molecular flexibility index (Phi) is 3.50. The first kappa shape index (κ1) is 15.8. The molecule has 132 valence electrons. The molecular formula is C21H19ClN2O2. The normalized spacial score (nSPS) is 26.7. The number of nitrogens with zero attached hydrogens (tertiary/aromatic N) is 2. The molecular weight excluding hydrogens is 348 g/mol. The highest BCUT2D eigenvalue weighted by atomic mass is 35.5. The van der Waals surface area contributed by atoms with E-state index in [9.17, 15) is 5.11 Å². The molecule has 1 aliphatic carbocycles. The second-order valence-corrected chi connectivity index (χ2v) is 7.53. The van der Waals surface area contributed by atoms with E-state index in [1.54, 1.807) is 0 Å². The Morgan fingerprint density at radius 2 is 2.04 bits per heavy atom. The molecule has 1 spiro atoms. The summed E-state index contributed by atoms with van der Waals surface area (Å²) in [6, 6.07) is 16.0. The van der Waals surface area contributed by atoms with Gasteiger partial charge in [-0.15, -0.1) is 0 Å². The second kappa shape index (κ2) is 5.78. The lowest BCUT2D eigenvalue weighted by Crippen LogP contribution is -2.53. The fourth-order valence-corrected chi connectivity index (χ4v) is 4.39. The standard InChI is InChI=1S/C21H19ClN2O2/c22-15-8-9-20-17(11-15)19-12-18(14-5-2-1-3-6-14)23-24(19)21(26-20)10-4-7-16(25)13-21/h1-3,5-6,8-9,11,13,19,25H,4,7,10,12H2/t19-,21-/m0/s1. The Hall–Kier alpha value is -2.46. The Morgan fingerprint density at radius 3 is 2.85 bits per heavy atom. The molecule has 3 aliphatic rings. The van der Waals surface area contributed by atoms with Crippen LogP contribution < -0.4 is 4.74 Å². The van der Waals surface area contributed by atoms with E-state index < -0.39 is 5.72 Å². The molecule has 0 amide bonds. The van der Waals surface area contributed by atoms with Crippen LogP contribution >= 0.6 is 11.6 Å². The number of hydrazone groups is 1. The van der Waals surface area contributed by atoms with Gasteiger partial charge in [-0.2, -0.15) is 5.10 Å². The molecule has 4 nitrogen and oxygen atoms in total. The van der Waals surface area contributed by atoms with Crippen LogP contribution in [-0.2, 0) is 0 Å². The molecule has 0 saturated carbocycles. The summed E-state index contributed by atoms with van der Waals surface area (Å²) in [4.78, 5) is 0. The largest absolute Gasteiger partial charge is 0.512 e. The van der Waals surface area contributed by atoms with Crippen LogP contribution in [0.4, 0.5) is 0 Å². The van der Waals surface area contributed by atoms with Gasteiger partial charge in [-0.1, -0.05) is 41.9 Å². The quantitative estimate of drug-likeness (QED) is 0.753. The molecule has 1 N–H and O–H groups in total. The van der Waals surface area contributed by atoms with Crippen LogP contribution in [0.1, 0.15) is 42.9 Å². The maximum absolute atomic E-state index is 10.2. The Labute approximate surface area is 157 Å². The van der Waals surface area contributed by atoms with E-state index >= 15 is 0 Å². The number of halogens is 1. The van der Waals surface area contributed by atoms with E-state index in [-0.39, 0.29) is 6.04 Å². The van der Waals surface area contributed by atoms with Gasteiger partial charge in [0.25, 0.3) is 0 Å². The van der Waals surface area contributed by atoms with Gasteiger partial charge >= 0.3 is 0 Å². The highest BCUT2D eigenvalue weighted by Gasteiger charge is 2.50. The minimum Gasteiger partial charge on any atom is -0.512 e. The number of benzene rings is 2. The molecule has 0 fully saturated rings. The fourth-order valence-electron chi connectivity index (χ4n) is 4.20. The lowest BCUT2D eigenvalue weighted by molar-refractivity contribution is -0.0944. The molecule has 26 heavy (non-hydrogen) atoms. The van der Waals surface area contributed by atoms with Gasteiger partial charge in [0.05, 0.1) is 17.5 Å². The molecule has 0 saturated heterocycles. The van der Waals surface area contributed by atoms with E-state index in [1.165, 1.54) is 0 Å². The molecule has 5 rings (SSSR count). The zero-order valence-corrected chi connectivity index (χ0v) is 15.0. The summed E-state index contributed by atoms with van der Waals surface area (Å²) in [6.45, 7) is 0. The molecule has 0 aromatic heterocycles. The summed E-state index contributed by atoms with van der Waals surface area (Å²) < 4.78 is 6.41. The van der Waals surface area contributed by atoms with Crippen molar-refractivity contribution >= 4 is 17.3 Å². The smallest absolute Gasteiger partial charge is 0.220 e. The van der Waals surface area contributed by atoms with Crippen LogP contribution in [0.25, 0.3) is 0 Å². The Morgan fingerprint density at radius 1 is 1.19 bits per heavy atom. The molecule has 0 bridgehead atoms. The maximum atomic E-state index is 10.2. The average Bonchev–Trinajstić information content (AvgIpc) is 3.10. The van der Waals surface area contributed by atoms with Crippen molar-refractivity contribution in [2.45, 2.75) is 37.5 Å². The molecule has 2 aromatic carbocycles. The minimum atomic E-state index is -0.732. The van der Waals surface area contributed by atoms with Gasteiger partial charge in [-0.25, -0.2) is 5.01 Å². The van der Waals surface area contributed by atoms with E-state index in [0.717, 1.165) is 41.9 Å². The van der Waals surface area contributed by atoms with Crippen LogP contribution in [0, 0.1) is 0 Å². The third kappa shape index (κ3) is 2.40. The number of hydrogen-bond donors (Lipinski definition) is 1. The first-order valence-corrected chi connectivity index (χ1v) is 9.34. The minimum absolute atomic E-state index is 0.0507. The number of aliphatic hydroxyl groups is 1. The predicted octanol–water partition coefficient (Wildman–Crippen LogP) is 5.21. The average molecular weight is 367 g/mol. The predicted molar refractivity (Wildman–Crippen MR) is 102 cm³/mol. The summed E-state index contributed by atoms with van der Waals surface area (Å²) in [5, 5.41) is 17.9. The van der Waals surface area contributed by atoms with Crippen LogP contribution in [0.15, 0.2) is 65.5 Å². The van der Waals surface area contributed by atoms with Gasteiger partial charge in [-0.3, -0.25) is 0 Å². The molecule has 2 heterocycles. The van der Waals surface area contributed by atoms with Gasteiger partial charge < -0.3 is 9.84 Å². The van der Waals surface area contributed by atoms with Crippen molar-refractivity contribution in [1.82, 2.24) is 5.01 Å². The SMILES string of the molecule is OC1=C[C@]2(CCC1)Oc1ccc(Cl)cc1[C@@H]1CC(c3ccccc3)=NN12. The maximum Gasteiger partial charge on any atom is 0.220 e. The summed E-state index contributed by atoms with van der Waals surface area (Å²) in [6.07, 6.45) is 4.97. The van der Waals surface area contributed by atoms with Crippen molar-refractivity contribution in [3.63, 3.8) is 0 Å². The first-order chi connectivity index (χ1) is 12.6. The lowest BCUT2D eigenvalue weighted by atomic mass is 9.90. The van der Waals surface area contributed by atoms with Gasteiger partial charge in [0.1, 0.15) is 5.75 Å². The molecule has 0 radical (unpaired) electrons. The number of hydrogen-bond acceptors (Lipinski definition) is 4. The van der Waals surface area contributed by atoms with Gasteiger partial charge in [0.2, 0.25) is 5.72 Å². The summed E-state index contributed by atoms with van der Waals surface area (Å²) >= 11 is 6.26. The van der Waals surface area contributed by atoms with E-state index in [2.05, 4.69) is 12.1 Å². The van der Waals surface area contributed by atoms with E-state index in [4.69, 9.17) is 21.4 Å². The second-order valence-electron chi connectivity index (χ2n) is 7.10.